The van der Waals surface area contributed by atoms with Crippen molar-refractivity contribution in [2.75, 3.05) is 49.6 Å². The summed E-state index contributed by atoms with van der Waals surface area (Å²) in [5.74, 6) is 0.0696. The number of likely N-dealkylation sites (tertiary alicyclic amines) is 1. The Morgan fingerprint density at radius 1 is 1.36 bits per heavy atom. The monoisotopic (exact) mass is 366 g/mol. The minimum absolute atomic E-state index is 0.0696. The molecule has 0 bridgehead atoms. The molecular weight excluding hydrogens is 344 g/mol. The highest BCUT2D eigenvalue weighted by Crippen LogP contribution is 2.28. The Morgan fingerprint density at radius 2 is 2.12 bits per heavy atom. The normalized spacial score (nSPS) is 20.7. The SMILES string of the molecule is CCN1C[C@@H](NC(=O)Nc2cc(N3CCOCC3)ccc2Cl)CC1=O. The predicted molar refractivity (Wildman–Crippen MR) is 97.3 cm³/mol. The quantitative estimate of drug-likeness (QED) is 0.853. The van der Waals surface area contributed by atoms with Gasteiger partial charge >= 0.3 is 6.03 Å². The average molecular weight is 367 g/mol. The van der Waals surface area contributed by atoms with Crippen molar-refractivity contribution in [1.29, 1.82) is 0 Å². The van der Waals surface area contributed by atoms with Gasteiger partial charge < -0.3 is 25.2 Å². The first-order valence-corrected chi connectivity index (χ1v) is 8.92. The molecule has 136 valence electrons. The van der Waals surface area contributed by atoms with E-state index in [-0.39, 0.29) is 18.0 Å². The number of hydrogen-bond acceptors (Lipinski definition) is 4. The Bertz CT molecular complexity index is 649. The number of benzene rings is 1. The van der Waals surface area contributed by atoms with Crippen LogP contribution in [-0.2, 0) is 9.53 Å². The Hall–Kier alpha value is -1.99. The summed E-state index contributed by atoms with van der Waals surface area (Å²) in [6.07, 6.45) is 0.336. The summed E-state index contributed by atoms with van der Waals surface area (Å²) in [5, 5.41) is 6.11. The molecule has 7 nitrogen and oxygen atoms in total. The first-order valence-electron chi connectivity index (χ1n) is 8.54. The summed E-state index contributed by atoms with van der Waals surface area (Å²) >= 11 is 6.22. The van der Waals surface area contributed by atoms with Crippen molar-refractivity contribution in [3.05, 3.63) is 23.2 Å². The third-order valence-electron chi connectivity index (χ3n) is 4.51. The minimum atomic E-state index is -0.350. The average Bonchev–Trinajstić information content (AvgIpc) is 2.97. The van der Waals surface area contributed by atoms with Crippen LogP contribution in [0.3, 0.4) is 0 Å². The van der Waals surface area contributed by atoms with Gasteiger partial charge in [0, 0.05) is 38.3 Å². The van der Waals surface area contributed by atoms with Crippen LogP contribution in [0.2, 0.25) is 5.02 Å². The summed E-state index contributed by atoms with van der Waals surface area (Å²) in [6, 6.07) is 5.06. The van der Waals surface area contributed by atoms with Gasteiger partial charge in [0.25, 0.3) is 0 Å². The second kappa shape index (κ2) is 7.93. The number of rotatable bonds is 4. The number of ether oxygens (including phenoxy) is 1. The molecule has 25 heavy (non-hydrogen) atoms. The largest absolute Gasteiger partial charge is 0.378 e. The van der Waals surface area contributed by atoms with Gasteiger partial charge in [0.15, 0.2) is 0 Å². The van der Waals surface area contributed by atoms with E-state index in [0.29, 0.717) is 43.4 Å². The number of nitrogens with zero attached hydrogens (tertiary/aromatic N) is 2. The lowest BCUT2D eigenvalue weighted by Crippen LogP contribution is -2.40. The molecule has 1 atom stereocenters. The molecule has 1 aromatic carbocycles. The summed E-state index contributed by atoms with van der Waals surface area (Å²) < 4.78 is 5.36. The number of carbonyl (C=O) groups is 2. The molecule has 2 heterocycles. The van der Waals surface area contributed by atoms with Crippen LogP contribution in [0.5, 0.6) is 0 Å². The highest BCUT2D eigenvalue weighted by atomic mass is 35.5. The van der Waals surface area contributed by atoms with Crippen molar-refractivity contribution < 1.29 is 14.3 Å². The first-order chi connectivity index (χ1) is 12.1. The van der Waals surface area contributed by atoms with Crippen molar-refractivity contribution in [3.63, 3.8) is 0 Å². The number of morpholine rings is 1. The maximum atomic E-state index is 12.3. The molecule has 0 saturated carbocycles. The standard InChI is InChI=1S/C17H23ClN4O3/c1-2-21-11-12(9-16(21)23)19-17(24)20-15-10-13(3-4-14(15)18)22-5-7-25-8-6-22/h3-4,10,12H,2,5-9,11H2,1H3,(H2,19,20,24)/t12-/m0/s1. The zero-order valence-electron chi connectivity index (χ0n) is 14.3. The Morgan fingerprint density at radius 3 is 2.80 bits per heavy atom. The Labute approximate surface area is 152 Å². The van der Waals surface area contributed by atoms with Crippen molar-refractivity contribution in [2.24, 2.45) is 0 Å². The molecule has 2 aliphatic rings. The molecule has 0 aliphatic carbocycles. The summed E-state index contributed by atoms with van der Waals surface area (Å²) in [5.41, 5.74) is 1.55. The highest BCUT2D eigenvalue weighted by molar-refractivity contribution is 6.33. The van der Waals surface area contributed by atoms with Gasteiger partial charge in [0.2, 0.25) is 5.91 Å². The molecule has 0 radical (unpaired) electrons. The Kier molecular flexibility index (Phi) is 5.65. The number of nitrogens with one attached hydrogen (secondary N) is 2. The van der Waals surface area contributed by atoms with Crippen molar-refractivity contribution in [3.8, 4) is 0 Å². The van der Waals surface area contributed by atoms with E-state index in [9.17, 15) is 9.59 Å². The fourth-order valence-electron chi connectivity index (χ4n) is 3.15. The lowest BCUT2D eigenvalue weighted by atomic mass is 10.2. The van der Waals surface area contributed by atoms with Gasteiger partial charge in [0.05, 0.1) is 30.0 Å². The van der Waals surface area contributed by atoms with Gasteiger partial charge in [-0.1, -0.05) is 11.6 Å². The lowest BCUT2D eigenvalue weighted by Gasteiger charge is -2.29. The molecule has 2 saturated heterocycles. The lowest BCUT2D eigenvalue weighted by molar-refractivity contribution is -0.127. The number of amides is 3. The van der Waals surface area contributed by atoms with Gasteiger partial charge in [-0.2, -0.15) is 0 Å². The van der Waals surface area contributed by atoms with Gasteiger partial charge in [-0.3, -0.25) is 4.79 Å². The highest BCUT2D eigenvalue weighted by Gasteiger charge is 2.29. The summed E-state index contributed by atoms with van der Waals surface area (Å²) in [7, 11) is 0. The van der Waals surface area contributed by atoms with E-state index < -0.39 is 0 Å². The number of likely N-dealkylation sites (N-methyl/N-ethyl adjacent to an activating group) is 1. The van der Waals surface area contributed by atoms with Gasteiger partial charge in [-0.25, -0.2) is 4.79 Å². The van der Waals surface area contributed by atoms with Gasteiger partial charge in [-0.15, -0.1) is 0 Å². The van der Waals surface area contributed by atoms with E-state index >= 15 is 0 Å². The van der Waals surface area contributed by atoms with Crippen LogP contribution in [0.4, 0.5) is 16.2 Å². The molecule has 2 aliphatic heterocycles. The van der Waals surface area contributed by atoms with E-state index in [2.05, 4.69) is 15.5 Å². The van der Waals surface area contributed by atoms with Gasteiger partial charge in [0.1, 0.15) is 0 Å². The topological polar surface area (TPSA) is 73.9 Å². The zero-order valence-corrected chi connectivity index (χ0v) is 15.0. The number of hydrogen-bond donors (Lipinski definition) is 2. The molecule has 2 N–H and O–H groups in total. The number of anilines is 2. The third kappa shape index (κ3) is 4.35. The molecule has 0 aromatic heterocycles. The second-order valence-corrected chi connectivity index (χ2v) is 6.60. The summed E-state index contributed by atoms with van der Waals surface area (Å²) in [4.78, 5) is 27.9. The van der Waals surface area contributed by atoms with E-state index in [1.165, 1.54) is 0 Å². The number of urea groups is 1. The summed E-state index contributed by atoms with van der Waals surface area (Å²) in [6.45, 7) is 6.13. The van der Waals surface area contributed by atoms with Crippen LogP contribution in [0.15, 0.2) is 18.2 Å². The van der Waals surface area contributed by atoms with Crippen LogP contribution in [0.1, 0.15) is 13.3 Å². The van der Waals surface area contributed by atoms with Crippen molar-refractivity contribution in [1.82, 2.24) is 10.2 Å². The molecule has 1 aromatic rings. The maximum absolute atomic E-state index is 12.3. The van der Waals surface area contributed by atoms with Gasteiger partial charge in [-0.05, 0) is 25.1 Å². The molecule has 3 amide bonds. The van der Waals surface area contributed by atoms with Crippen LogP contribution in [-0.4, -0.2) is 62.3 Å². The molecule has 3 rings (SSSR count). The number of halogens is 1. The third-order valence-corrected chi connectivity index (χ3v) is 4.84. The fourth-order valence-corrected chi connectivity index (χ4v) is 3.31. The van der Waals surface area contributed by atoms with Crippen molar-refractivity contribution >= 4 is 34.9 Å². The second-order valence-electron chi connectivity index (χ2n) is 6.20. The van der Waals surface area contributed by atoms with E-state index in [0.717, 1.165) is 18.8 Å². The smallest absolute Gasteiger partial charge is 0.319 e. The molecule has 0 spiro atoms. The molecular formula is C17H23ClN4O3. The molecule has 0 unspecified atom stereocenters. The van der Waals surface area contributed by atoms with Crippen LogP contribution >= 0.6 is 11.6 Å². The predicted octanol–water partition coefficient (Wildman–Crippen LogP) is 1.92. The fraction of sp³-hybridized carbons (Fsp3) is 0.529. The van der Waals surface area contributed by atoms with Crippen LogP contribution < -0.4 is 15.5 Å². The van der Waals surface area contributed by atoms with Crippen molar-refractivity contribution in [2.45, 2.75) is 19.4 Å². The van der Waals surface area contributed by atoms with Crippen LogP contribution in [0.25, 0.3) is 0 Å². The molecule has 2 fully saturated rings. The Balaban J connectivity index is 1.61. The van der Waals surface area contributed by atoms with E-state index in [1.807, 2.05) is 19.1 Å². The van der Waals surface area contributed by atoms with Crippen LogP contribution in [0, 0.1) is 0 Å². The first kappa shape index (κ1) is 17.8. The maximum Gasteiger partial charge on any atom is 0.319 e. The molecule has 8 heteroatoms. The van der Waals surface area contributed by atoms with E-state index in [1.54, 1.807) is 11.0 Å². The minimum Gasteiger partial charge on any atom is -0.378 e. The van der Waals surface area contributed by atoms with E-state index in [4.69, 9.17) is 16.3 Å². The number of carbonyl (C=O) groups excluding carboxylic acids is 2. The zero-order chi connectivity index (χ0) is 17.8.